The van der Waals surface area contributed by atoms with Crippen molar-refractivity contribution in [2.24, 2.45) is 0 Å². The van der Waals surface area contributed by atoms with Gasteiger partial charge in [0, 0.05) is 12.2 Å². The normalized spacial score (nSPS) is 10.2. The average Bonchev–Trinajstić information content (AvgIpc) is 2.86. The van der Waals surface area contributed by atoms with Crippen LogP contribution in [-0.2, 0) is 19.1 Å². The molecule has 0 radical (unpaired) electrons. The Bertz CT molecular complexity index is 440. The summed E-state index contributed by atoms with van der Waals surface area (Å²) in [6.07, 6.45) is 1.77. The van der Waals surface area contributed by atoms with E-state index in [1.165, 1.54) is 12.6 Å². The maximum absolute atomic E-state index is 11.3. The summed E-state index contributed by atoms with van der Waals surface area (Å²) in [5, 5.41) is 7.15. The van der Waals surface area contributed by atoms with Crippen molar-refractivity contribution in [1.29, 1.82) is 0 Å². The van der Waals surface area contributed by atoms with Crippen LogP contribution >= 0.6 is 11.3 Å². The molecule has 0 aromatic carbocycles. The van der Waals surface area contributed by atoms with Gasteiger partial charge in [-0.15, -0.1) is 10.2 Å². The second-order valence-corrected chi connectivity index (χ2v) is 3.46. The summed E-state index contributed by atoms with van der Waals surface area (Å²) in [4.78, 5) is 33.0. The van der Waals surface area contributed by atoms with E-state index in [9.17, 15) is 14.4 Å². The fraction of sp³-hybridized carbons (Fsp3) is 0.222. The zero-order valence-corrected chi connectivity index (χ0v) is 9.60. The van der Waals surface area contributed by atoms with Crippen molar-refractivity contribution in [2.75, 3.05) is 13.7 Å². The number of hydrogen-bond acceptors (Lipinski definition) is 8. The number of carbonyl (C=O) groups excluding carboxylic acids is 3. The third kappa shape index (κ3) is 4.51. The SMILES string of the molecule is COC(=O)C=CC(=O)OCC(=O)c1nncs1. The lowest BCUT2D eigenvalue weighted by Gasteiger charge is -1.97. The van der Waals surface area contributed by atoms with E-state index in [4.69, 9.17) is 0 Å². The molecule has 1 aromatic rings. The van der Waals surface area contributed by atoms with E-state index in [2.05, 4.69) is 19.7 Å². The number of methoxy groups -OCH3 is 1. The maximum Gasteiger partial charge on any atom is 0.331 e. The molecule has 17 heavy (non-hydrogen) atoms. The number of hydrogen-bond donors (Lipinski definition) is 0. The van der Waals surface area contributed by atoms with Crippen LogP contribution in [0.1, 0.15) is 9.80 Å². The Labute approximate surface area is 100 Å². The van der Waals surface area contributed by atoms with Gasteiger partial charge in [0.1, 0.15) is 5.51 Å². The van der Waals surface area contributed by atoms with Gasteiger partial charge in [-0.25, -0.2) is 9.59 Å². The topological polar surface area (TPSA) is 95.5 Å². The molecule has 1 heterocycles. The molecule has 0 amide bonds. The second kappa shape index (κ2) is 6.48. The molecular weight excluding hydrogens is 248 g/mol. The predicted octanol–water partition coefficient (Wildman–Crippen LogP) is -0.00680. The van der Waals surface area contributed by atoms with Crippen LogP contribution in [0.4, 0.5) is 0 Å². The third-order valence-corrected chi connectivity index (χ3v) is 2.23. The second-order valence-electron chi connectivity index (χ2n) is 2.63. The van der Waals surface area contributed by atoms with Gasteiger partial charge >= 0.3 is 11.9 Å². The molecular formula is C9H8N2O5S. The van der Waals surface area contributed by atoms with E-state index >= 15 is 0 Å². The molecule has 0 aliphatic heterocycles. The third-order valence-electron chi connectivity index (χ3n) is 1.50. The molecule has 0 N–H and O–H groups in total. The Hall–Kier alpha value is -2.09. The number of Topliss-reactive ketones (excluding diaryl/α,β-unsaturated/α-hetero) is 1. The van der Waals surface area contributed by atoms with Crippen molar-refractivity contribution in [3.63, 3.8) is 0 Å². The molecule has 0 aliphatic rings. The quantitative estimate of drug-likeness (QED) is 0.415. The molecule has 7 nitrogen and oxygen atoms in total. The summed E-state index contributed by atoms with van der Waals surface area (Å²) in [5.74, 6) is -1.95. The Morgan fingerprint density at radius 2 is 2.06 bits per heavy atom. The highest BCUT2D eigenvalue weighted by Gasteiger charge is 2.11. The summed E-state index contributed by atoms with van der Waals surface area (Å²) in [5.41, 5.74) is 1.40. The van der Waals surface area contributed by atoms with Gasteiger partial charge in [-0.3, -0.25) is 4.79 Å². The zero-order chi connectivity index (χ0) is 12.7. The number of nitrogens with zero attached hydrogens (tertiary/aromatic N) is 2. The van der Waals surface area contributed by atoms with Crippen molar-refractivity contribution >= 4 is 29.1 Å². The van der Waals surface area contributed by atoms with Gasteiger partial charge in [-0.2, -0.15) is 0 Å². The van der Waals surface area contributed by atoms with E-state index in [1.54, 1.807) is 0 Å². The van der Waals surface area contributed by atoms with Crippen molar-refractivity contribution < 1.29 is 23.9 Å². The molecule has 1 rings (SSSR count). The molecule has 90 valence electrons. The monoisotopic (exact) mass is 256 g/mol. The number of aromatic nitrogens is 2. The Morgan fingerprint density at radius 3 is 2.65 bits per heavy atom. The molecule has 0 unspecified atom stereocenters. The highest BCUT2D eigenvalue weighted by molar-refractivity contribution is 7.11. The van der Waals surface area contributed by atoms with E-state index in [-0.39, 0.29) is 5.01 Å². The van der Waals surface area contributed by atoms with Crippen molar-refractivity contribution in [3.05, 3.63) is 22.7 Å². The van der Waals surface area contributed by atoms with Gasteiger partial charge in [-0.1, -0.05) is 11.3 Å². The van der Waals surface area contributed by atoms with E-state index in [0.29, 0.717) is 0 Å². The summed E-state index contributed by atoms with van der Waals surface area (Å²) in [6, 6.07) is 0. The van der Waals surface area contributed by atoms with Crippen LogP contribution in [-0.4, -0.2) is 41.6 Å². The smallest absolute Gasteiger partial charge is 0.331 e. The molecule has 0 atom stereocenters. The first-order valence-electron chi connectivity index (χ1n) is 4.35. The number of rotatable bonds is 5. The van der Waals surface area contributed by atoms with Crippen LogP contribution in [0.3, 0.4) is 0 Å². The van der Waals surface area contributed by atoms with E-state index in [0.717, 1.165) is 23.5 Å². The Kier molecular flexibility index (Phi) is 4.95. The summed E-state index contributed by atoms with van der Waals surface area (Å²) < 4.78 is 8.85. The predicted molar refractivity (Wildman–Crippen MR) is 56.4 cm³/mol. The Morgan fingerprint density at radius 1 is 1.35 bits per heavy atom. The van der Waals surface area contributed by atoms with Gasteiger partial charge in [0.05, 0.1) is 7.11 Å². The van der Waals surface area contributed by atoms with Crippen LogP contribution in [0.2, 0.25) is 0 Å². The summed E-state index contributed by atoms with van der Waals surface area (Å²) >= 11 is 1.05. The van der Waals surface area contributed by atoms with Gasteiger partial charge in [0.25, 0.3) is 0 Å². The van der Waals surface area contributed by atoms with Crippen molar-refractivity contribution in [1.82, 2.24) is 10.2 Å². The first kappa shape index (κ1) is 13.0. The molecule has 8 heteroatoms. The standard InChI is InChI=1S/C9H8N2O5S/c1-15-7(13)2-3-8(14)16-4-6(12)9-11-10-5-17-9/h2-3,5H,4H2,1H3. The molecule has 0 spiro atoms. The van der Waals surface area contributed by atoms with Crippen molar-refractivity contribution in [2.45, 2.75) is 0 Å². The molecule has 0 aliphatic carbocycles. The molecule has 0 saturated carbocycles. The van der Waals surface area contributed by atoms with Gasteiger partial charge in [-0.05, 0) is 0 Å². The van der Waals surface area contributed by atoms with Gasteiger partial charge in [0.15, 0.2) is 11.6 Å². The first-order chi connectivity index (χ1) is 8.13. The van der Waals surface area contributed by atoms with E-state index < -0.39 is 24.3 Å². The van der Waals surface area contributed by atoms with Crippen LogP contribution in [0.15, 0.2) is 17.7 Å². The summed E-state index contributed by atoms with van der Waals surface area (Å²) in [7, 11) is 1.18. The Balaban J connectivity index is 2.36. The fourth-order valence-electron chi connectivity index (χ4n) is 0.745. The highest BCUT2D eigenvalue weighted by atomic mass is 32.1. The molecule has 0 saturated heterocycles. The lowest BCUT2D eigenvalue weighted by molar-refractivity contribution is -0.138. The first-order valence-corrected chi connectivity index (χ1v) is 5.23. The number of esters is 2. The lowest BCUT2D eigenvalue weighted by Crippen LogP contribution is -2.12. The summed E-state index contributed by atoms with van der Waals surface area (Å²) in [6.45, 7) is -0.445. The molecule has 0 bridgehead atoms. The number of ether oxygens (including phenoxy) is 2. The lowest BCUT2D eigenvalue weighted by atomic mass is 10.4. The van der Waals surface area contributed by atoms with Crippen LogP contribution in [0.25, 0.3) is 0 Å². The van der Waals surface area contributed by atoms with Gasteiger partial charge in [0.2, 0.25) is 5.78 Å². The number of ketones is 1. The van der Waals surface area contributed by atoms with Crippen molar-refractivity contribution in [3.8, 4) is 0 Å². The van der Waals surface area contributed by atoms with Gasteiger partial charge < -0.3 is 9.47 Å². The minimum absolute atomic E-state index is 0.162. The van der Waals surface area contributed by atoms with Crippen LogP contribution in [0.5, 0.6) is 0 Å². The fourth-order valence-corrected chi connectivity index (χ4v) is 1.22. The minimum Gasteiger partial charge on any atom is -0.466 e. The minimum atomic E-state index is -0.812. The zero-order valence-electron chi connectivity index (χ0n) is 8.78. The maximum atomic E-state index is 11.3. The number of carbonyl (C=O) groups is 3. The molecule has 1 aromatic heterocycles. The van der Waals surface area contributed by atoms with Crippen LogP contribution < -0.4 is 0 Å². The van der Waals surface area contributed by atoms with Crippen LogP contribution in [0, 0.1) is 0 Å². The van der Waals surface area contributed by atoms with E-state index in [1.807, 2.05) is 0 Å². The largest absolute Gasteiger partial charge is 0.466 e. The molecule has 0 fully saturated rings. The highest BCUT2D eigenvalue weighted by Crippen LogP contribution is 2.02. The average molecular weight is 256 g/mol.